The molecule has 0 spiro atoms. The maximum atomic E-state index is 10.9. The van der Waals surface area contributed by atoms with Crippen LogP contribution in [-0.4, -0.2) is 66.1 Å². The Kier molecular flexibility index (Phi) is 3.75. The van der Waals surface area contributed by atoms with Crippen LogP contribution in [0.4, 0.5) is 0 Å². The van der Waals surface area contributed by atoms with E-state index < -0.39 is 16.1 Å². The summed E-state index contributed by atoms with van der Waals surface area (Å²) in [6, 6.07) is 0. The predicted octanol–water partition coefficient (Wildman–Crippen LogP) is -0.304. The molecule has 0 aliphatic carbocycles. The van der Waals surface area contributed by atoms with Crippen molar-refractivity contribution < 1.29 is 19.5 Å². The Bertz CT molecular complexity index is 386. The van der Waals surface area contributed by atoms with Crippen LogP contribution in [0, 0.1) is 15.5 Å². The lowest BCUT2D eigenvalue weighted by Gasteiger charge is -2.42. The molecule has 2 rings (SSSR count). The lowest BCUT2D eigenvalue weighted by molar-refractivity contribution is -0.364. The highest BCUT2D eigenvalue weighted by atomic mass is 16.7. The monoisotopic (exact) mass is 273 g/mol. The number of nitro groups is 1. The molecule has 8 heteroatoms. The normalized spacial score (nSPS) is 25.2. The van der Waals surface area contributed by atoms with E-state index in [2.05, 4.69) is 4.99 Å². The molecule has 0 atom stereocenters. The first kappa shape index (κ1) is 14.2. The number of hydrogen-bond donors (Lipinski definition) is 1. The Morgan fingerprint density at radius 3 is 2.63 bits per heavy atom. The van der Waals surface area contributed by atoms with Crippen molar-refractivity contribution in [2.75, 3.05) is 39.5 Å². The molecule has 2 aliphatic heterocycles. The molecule has 19 heavy (non-hydrogen) atoms. The van der Waals surface area contributed by atoms with Crippen molar-refractivity contribution >= 4 is 5.96 Å². The quantitative estimate of drug-likeness (QED) is 0.560. The molecule has 0 aromatic carbocycles. The van der Waals surface area contributed by atoms with Crippen molar-refractivity contribution in [3.63, 3.8) is 0 Å². The van der Waals surface area contributed by atoms with Crippen LogP contribution in [0.5, 0.6) is 0 Å². The summed E-state index contributed by atoms with van der Waals surface area (Å²) in [5.41, 5.74) is -0.642. The molecule has 2 aliphatic rings. The molecule has 108 valence electrons. The molecule has 0 aromatic rings. The van der Waals surface area contributed by atoms with Crippen LogP contribution < -0.4 is 0 Å². The van der Waals surface area contributed by atoms with Crippen molar-refractivity contribution in [2.24, 2.45) is 10.4 Å². The fourth-order valence-corrected chi connectivity index (χ4v) is 2.17. The topological polar surface area (TPSA) is 97.4 Å². The summed E-state index contributed by atoms with van der Waals surface area (Å²) < 4.78 is 11.1. The Balaban J connectivity index is 2.04. The van der Waals surface area contributed by atoms with Crippen LogP contribution in [0.3, 0.4) is 0 Å². The van der Waals surface area contributed by atoms with Crippen molar-refractivity contribution in [1.29, 1.82) is 0 Å². The summed E-state index contributed by atoms with van der Waals surface area (Å²) in [6.45, 7) is 5.26. The number of guanidine groups is 1. The zero-order valence-electron chi connectivity index (χ0n) is 11.2. The smallest absolute Gasteiger partial charge is 0.395 e. The first-order valence-electron chi connectivity index (χ1n) is 6.20. The van der Waals surface area contributed by atoms with Crippen LogP contribution in [0.25, 0.3) is 0 Å². The number of ether oxygens (including phenoxy) is 2. The van der Waals surface area contributed by atoms with Gasteiger partial charge in [0, 0.05) is 0 Å². The third-order valence-electron chi connectivity index (χ3n) is 3.38. The van der Waals surface area contributed by atoms with Gasteiger partial charge in [0.15, 0.2) is 5.79 Å². The van der Waals surface area contributed by atoms with E-state index in [1.165, 1.54) is 0 Å². The number of aliphatic imine (C=N–C) groups is 1. The first-order chi connectivity index (χ1) is 8.87. The number of hydrogen-bond acceptors (Lipinski definition) is 7. The van der Waals surface area contributed by atoms with Gasteiger partial charge in [-0.2, -0.15) is 0 Å². The highest BCUT2D eigenvalue weighted by Crippen LogP contribution is 2.30. The number of aliphatic hydroxyl groups excluding tert-OH is 1. The number of nitrogens with zero attached hydrogens (tertiary/aromatic N) is 3. The standard InChI is InChI=1S/C11H19N3O5/c1-10(2)18-7-11(6-15,8-19-10)5-13-4-3-12-9(13)14(16)17/h15H,3-8H2,1-2H3. The van der Waals surface area contributed by atoms with Gasteiger partial charge in [0.1, 0.15) is 13.1 Å². The van der Waals surface area contributed by atoms with Gasteiger partial charge in [-0.3, -0.25) is 4.90 Å². The van der Waals surface area contributed by atoms with E-state index in [4.69, 9.17) is 9.47 Å². The summed E-state index contributed by atoms with van der Waals surface area (Å²) in [6.07, 6.45) is 0. The fraction of sp³-hybridized carbons (Fsp3) is 0.909. The maximum absolute atomic E-state index is 10.9. The molecule has 1 saturated heterocycles. The highest BCUT2D eigenvalue weighted by molar-refractivity contribution is 5.73. The van der Waals surface area contributed by atoms with Crippen LogP contribution >= 0.6 is 0 Å². The molecule has 0 aromatic heterocycles. The molecule has 8 nitrogen and oxygen atoms in total. The van der Waals surface area contributed by atoms with E-state index in [0.29, 0.717) is 32.8 Å². The summed E-state index contributed by atoms with van der Waals surface area (Å²) in [7, 11) is 0. The van der Waals surface area contributed by atoms with E-state index in [1.807, 2.05) is 0 Å². The van der Waals surface area contributed by atoms with Gasteiger partial charge >= 0.3 is 5.96 Å². The Labute approximate surface area is 111 Å². The molecule has 1 N–H and O–H groups in total. The summed E-state index contributed by atoms with van der Waals surface area (Å²) in [4.78, 5) is 15.8. The van der Waals surface area contributed by atoms with Gasteiger partial charge < -0.3 is 24.7 Å². The van der Waals surface area contributed by atoms with Gasteiger partial charge in [0.2, 0.25) is 0 Å². The fourth-order valence-electron chi connectivity index (χ4n) is 2.17. The molecule has 0 bridgehead atoms. The average Bonchev–Trinajstić information content (AvgIpc) is 2.80. The maximum Gasteiger partial charge on any atom is 0.424 e. The van der Waals surface area contributed by atoms with Crippen molar-refractivity contribution in [2.45, 2.75) is 19.6 Å². The van der Waals surface area contributed by atoms with Crippen LogP contribution in [0.2, 0.25) is 0 Å². The summed E-state index contributed by atoms with van der Waals surface area (Å²) in [5, 5.41) is 20.5. The van der Waals surface area contributed by atoms with Gasteiger partial charge in [-0.15, -0.1) is 4.99 Å². The second-order valence-electron chi connectivity index (χ2n) is 5.50. The molecule has 0 radical (unpaired) electrons. The highest BCUT2D eigenvalue weighted by Gasteiger charge is 2.44. The van der Waals surface area contributed by atoms with E-state index in [0.717, 1.165) is 0 Å². The van der Waals surface area contributed by atoms with Crippen LogP contribution in [0.15, 0.2) is 4.99 Å². The SMILES string of the molecule is CC1(C)OCC(CO)(CN2CCN=C2[N+](=O)[O-])CO1. The molecular weight excluding hydrogens is 254 g/mol. The van der Waals surface area contributed by atoms with Crippen molar-refractivity contribution in [3.8, 4) is 0 Å². The zero-order valence-corrected chi connectivity index (χ0v) is 11.2. The Morgan fingerprint density at radius 2 is 2.11 bits per heavy atom. The first-order valence-corrected chi connectivity index (χ1v) is 6.20. The van der Waals surface area contributed by atoms with Gasteiger partial charge in [-0.25, -0.2) is 0 Å². The van der Waals surface area contributed by atoms with E-state index >= 15 is 0 Å². The predicted molar refractivity (Wildman–Crippen MR) is 66.4 cm³/mol. The summed E-state index contributed by atoms with van der Waals surface area (Å²) in [5.74, 6) is -0.818. The molecule has 0 unspecified atom stereocenters. The third-order valence-corrected chi connectivity index (χ3v) is 3.38. The molecule has 0 saturated carbocycles. The number of rotatable bonds is 3. The van der Waals surface area contributed by atoms with Crippen LogP contribution in [-0.2, 0) is 9.47 Å². The van der Waals surface area contributed by atoms with Gasteiger partial charge in [0.25, 0.3) is 0 Å². The van der Waals surface area contributed by atoms with E-state index in [1.54, 1.807) is 18.7 Å². The summed E-state index contributed by atoms with van der Waals surface area (Å²) >= 11 is 0. The average molecular weight is 273 g/mol. The van der Waals surface area contributed by atoms with E-state index in [-0.39, 0.29) is 12.6 Å². The number of aliphatic hydroxyl groups is 1. The van der Waals surface area contributed by atoms with Crippen molar-refractivity contribution in [1.82, 2.24) is 4.90 Å². The Morgan fingerprint density at radius 1 is 1.47 bits per heavy atom. The third kappa shape index (κ3) is 3.02. The van der Waals surface area contributed by atoms with Gasteiger partial charge in [-0.05, 0) is 18.8 Å². The molecule has 1 fully saturated rings. The van der Waals surface area contributed by atoms with Gasteiger partial charge in [-0.1, -0.05) is 0 Å². The minimum absolute atomic E-state index is 0.141. The van der Waals surface area contributed by atoms with Crippen LogP contribution in [0.1, 0.15) is 13.8 Å². The molecular formula is C11H19N3O5. The minimum Gasteiger partial charge on any atom is -0.395 e. The van der Waals surface area contributed by atoms with Gasteiger partial charge in [0.05, 0.1) is 31.8 Å². The lowest BCUT2D eigenvalue weighted by atomic mass is 9.89. The van der Waals surface area contributed by atoms with Crippen molar-refractivity contribution in [3.05, 3.63) is 10.1 Å². The second kappa shape index (κ2) is 5.03. The lowest BCUT2D eigenvalue weighted by Crippen LogP contribution is -2.54. The van der Waals surface area contributed by atoms with E-state index in [9.17, 15) is 15.2 Å². The second-order valence-corrected chi connectivity index (χ2v) is 5.50. The zero-order chi connectivity index (χ0) is 14.1. The largest absolute Gasteiger partial charge is 0.424 e. The molecule has 2 heterocycles. The Hall–Kier alpha value is -1.25. The minimum atomic E-state index is -0.677. The molecule has 0 amide bonds.